The monoisotopic (exact) mass is 631 g/mol. The molecule has 10 nitrogen and oxygen atoms in total. The van der Waals surface area contributed by atoms with Crippen LogP contribution in [0.5, 0.6) is 0 Å². The van der Waals surface area contributed by atoms with Gasteiger partial charge in [-0.3, -0.25) is 19.8 Å². The van der Waals surface area contributed by atoms with Gasteiger partial charge < -0.3 is 25.9 Å². The Hall–Kier alpha value is -3.68. The summed E-state index contributed by atoms with van der Waals surface area (Å²) < 4.78 is 42.8. The highest BCUT2D eigenvalue weighted by Crippen LogP contribution is 2.30. The number of nitrogens with one attached hydrogen (secondary N) is 4. The molecule has 0 spiro atoms. The van der Waals surface area contributed by atoms with Crippen LogP contribution in [0.1, 0.15) is 69.1 Å². The summed E-state index contributed by atoms with van der Waals surface area (Å²) in [4.78, 5) is 46.1. The molecule has 0 aliphatic carbocycles. The topological polar surface area (TPSA) is 152 Å². The maximum atomic E-state index is 12.7. The van der Waals surface area contributed by atoms with Crippen LogP contribution in [0.15, 0.2) is 42.5 Å². The number of hydrazine groups is 1. The Morgan fingerprint density at radius 1 is 1.07 bits per heavy atom. The summed E-state index contributed by atoms with van der Waals surface area (Å²) in [6.07, 6.45) is -3.76. The molecule has 2 aromatic rings. The lowest BCUT2D eigenvalue weighted by molar-refractivity contribution is -0.142. The molecule has 240 valence electrons. The molecular formula is C29H41ClF3N5O5. The lowest BCUT2D eigenvalue weighted by Gasteiger charge is -2.26. The number of alkyl halides is 3. The van der Waals surface area contributed by atoms with E-state index >= 15 is 0 Å². The third-order valence-electron chi connectivity index (χ3n) is 5.47. The van der Waals surface area contributed by atoms with E-state index in [1.807, 2.05) is 34.6 Å². The van der Waals surface area contributed by atoms with Gasteiger partial charge in [-0.2, -0.15) is 13.2 Å². The van der Waals surface area contributed by atoms with E-state index in [9.17, 15) is 32.3 Å². The van der Waals surface area contributed by atoms with Gasteiger partial charge in [0.1, 0.15) is 18.9 Å². The third-order valence-corrected chi connectivity index (χ3v) is 5.79. The average molecular weight is 632 g/mol. The van der Waals surface area contributed by atoms with Gasteiger partial charge in [0.25, 0.3) is 11.8 Å². The highest BCUT2D eigenvalue weighted by atomic mass is 35.5. The largest absolute Gasteiger partial charge is 0.465 e. The Kier molecular flexibility index (Phi) is 17.2. The second kappa shape index (κ2) is 18.8. The minimum Gasteiger partial charge on any atom is -0.465 e. The number of hydrogen-bond acceptors (Lipinski definition) is 8. The predicted octanol–water partition coefficient (Wildman–Crippen LogP) is 4.44. The number of benzene rings is 2. The van der Waals surface area contributed by atoms with Crippen LogP contribution in [0.25, 0.3) is 0 Å². The highest BCUT2D eigenvalue weighted by Gasteiger charge is 2.31. The first-order valence-corrected chi connectivity index (χ1v) is 13.8. The average Bonchev–Trinajstić information content (AvgIpc) is 2.94. The van der Waals surface area contributed by atoms with E-state index in [4.69, 9.17) is 17.3 Å². The number of nitrogens with two attached hydrogens (primary N) is 1. The number of esters is 1. The minimum absolute atomic E-state index is 0.151. The van der Waals surface area contributed by atoms with Crippen molar-refractivity contribution in [2.24, 2.45) is 5.41 Å². The molecule has 0 saturated carbocycles. The van der Waals surface area contributed by atoms with Gasteiger partial charge in [-0.1, -0.05) is 58.4 Å². The molecule has 2 rings (SSSR count). The quantitative estimate of drug-likeness (QED) is 0.112. The van der Waals surface area contributed by atoms with Crippen LogP contribution in [0.4, 0.5) is 18.9 Å². The van der Waals surface area contributed by atoms with Crippen LogP contribution in [-0.2, 0) is 25.3 Å². The van der Waals surface area contributed by atoms with Gasteiger partial charge in [0.15, 0.2) is 0 Å². The van der Waals surface area contributed by atoms with E-state index in [1.54, 1.807) is 19.1 Å². The van der Waals surface area contributed by atoms with E-state index in [0.29, 0.717) is 16.3 Å². The van der Waals surface area contributed by atoms with Gasteiger partial charge in [0.2, 0.25) is 0 Å². The van der Waals surface area contributed by atoms with Gasteiger partial charge >= 0.3 is 12.1 Å². The lowest BCUT2D eigenvalue weighted by atomic mass is 9.87. The van der Waals surface area contributed by atoms with Crippen molar-refractivity contribution in [3.63, 3.8) is 0 Å². The second-order valence-electron chi connectivity index (χ2n) is 9.68. The maximum absolute atomic E-state index is 12.7. The number of hydrogen-bond donors (Lipinski definition) is 5. The molecule has 0 radical (unpaired) electrons. The van der Waals surface area contributed by atoms with Crippen LogP contribution in [0.2, 0.25) is 5.02 Å². The number of ether oxygens (including phenoxy) is 1. The predicted molar refractivity (Wildman–Crippen MR) is 160 cm³/mol. The number of halogens is 4. The zero-order valence-electron chi connectivity index (χ0n) is 25.3. The molecule has 14 heteroatoms. The van der Waals surface area contributed by atoms with Gasteiger partial charge in [-0.25, -0.2) is 5.43 Å². The molecule has 2 amide bonds. The summed E-state index contributed by atoms with van der Waals surface area (Å²) >= 11 is 5.84. The van der Waals surface area contributed by atoms with E-state index in [-0.39, 0.29) is 30.0 Å². The molecule has 43 heavy (non-hydrogen) atoms. The SMILES string of the molecule is CC.CC(C)(C)C(C=O)NC(=O)c1ccc(N)c(Cl)c1.CCOC(=O)CNNC(=O)C(NC)c1cccc(C(F)(F)F)c1. The molecule has 2 aromatic carbocycles. The van der Waals surface area contributed by atoms with E-state index in [2.05, 4.69) is 26.2 Å². The number of carbonyl (C=O) groups is 4. The van der Waals surface area contributed by atoms with Crippen LogP contribution in [-0.4, -0.2) is 50.3 Å². The molecule has 0 aromatic heterocycles. The molecule has 2 unspecified atom stereocenters. The number of nitrogen functional groups attached to an aromatic ring is 1. The van der Waals surface area contributed by atoms with Crippen LogP contribution in [0, 0.1) is 5.41 Å². The zero-order valence-corrected chi connectivity index (χ0v) is 26.1. The van der Waals surface area contributed by atoms with Crippen molar-refractivity contribution in [1.29, 1.82) is 0 Å². The van der Waals surface area contributed by atoms with Crippen molar-refractivity contribution in [2.45, 2.75) is 59.8 Å². The van der Waals surface area contributed by atoms with Gasteiger partial charge in [0, 0.05) is 5.56 Å². The summed E-state index contributed by atoms with van der Waals surface area (Å²) in [6.45, 7) is 11.2. The minimum atomic E-state index is -4.49. The Morgan fingerprint density at radius 2 is 1.70 bits per heavy atom. The van der Waals surface area contributed by atoms with Crippen molar-refractivity contribution in [1.82, 2.24) is 21.5 Å². The number of carbonyl (C=O) groups excluding carboxylic acids is 4. The fraction of sp³-hybridized carbons (Fsp3) is 0.448. The van der Waals surface area contributed by atoms with Crippen LogP contribution in [0.3, 0.4) is 0 Å². The molecule has 2 atom stereocenters. The summed E-state index contributed by atoms with van der Waals surface area (Å²) in [6, 6.07) is 7.50. The number of rotatable bonds is 10. The van der Waals surface area contributed by atoms with Crippen molar-refractivity contribution >= 4 is 41.4 Å². The number of amides is 2. The van der Waals surface area contributed by atoms with Crippen LogP contribution < -0.4 is 27.2 Å². The smallest absolute Gasteiger partial charge is 0.416 e. The number of aldehydes is 1. The molecular weight excluding hydrogens is 591 g/mol. The Morgan fingerprint density at radius 3 is 2.19 bits per heavy atom. The summed E-state index contributed by atoms with van der Waals surface area (Å²) in [5, 5.41) is 5.61. The lowest BCUT2D eigenvalue weighted by Crippen LogP contribution is -2.45. The van der Waals surface area contributed by atoms with Crippen molar-refractivity contribution in [2.75, 3.05) is 25.9 Å². The first-order valence-electron chi connectivity index (χ1n) is 13.4. The van der Waals surface area contributed by atoms with Crippen LogP contribution >= 0.6 is 11.6 Å². The Bertz CT molecular complexity index is 1210. The second-order valence-corrected chi connectivity index (χ2v) is 10.1. The maximum Gasteiger partial charge on any atom is 0.416 e. The number of anilines is 1. The van der Waals surface area contributed by atoms with Crippen molar-refractivity contribution in [3.8, 4) is 0 Å². The molecule has 0 saturated heterocycles. The zero-order chi connectivity index (χ0) is 33.4. The Labute approximate surface area is 255 Å². The third kappa shape index (κ3) is 13.9. The first-order chi connectivity index (χ1) is 20.0. The molecule has 0 aliphatic rings. The van der Waals surface area contributed by atoms with E-state index < -0.39 is 35.7 Å². The highest BCUT2D eigenvalue weighted by molar-refractivity contribution is 6.33. The fourth-order valence-electron chi connectivity index (χ4n) is 3.18. The normalized spacial score (nSPS) is 12.3. The standard InChI is InChI=1S/C14H18F3N3O3.C13H17ClN2O2.C2H6/c1-3-23-11(21)8-19-20-13(22)12(18-2)9-5-4-6-10(7-9)14(15,16)17;1-13(2,3)11(7-17)16-12(18)8-4-5-10(15)9(14)6-8;1-2/h4-7,12,18-19H,3,8H2,1-2H3,(H,20,22);4-7,11H,15H2,1-3H3,(H,16,18);1-2H3. The van der Waals surface area contributed by atoms with E-state index in [1.165, 1.54) is 25.2 Å². The fourth-order valence-corrected chi connectivity index (χ4v) is 3.36. The molecule has 0 aliphatic heterocycles. The molecule has 0 heterocycles. The first kappa shape index (κ1) is 39.3. The summed E-state index contributed by atoms with van der Waals surface area (Å²) in [5.41, 5.74) is 9.94. The van der Waals surface area contributed by atoms with E-state index in [0.717, 1.165) is 18.4 Å². The van der Waals surface area contributed by atoms with Gasteiger partial charge in [0.05, 0.1) is 28.9 Å². The number of likely N-dealkylation sites (N-methyl/N-ethyl adjacent to an activating group) is 1. The molecule has 6 N–H and O–H groups in total. The van der Waals surface area contributed by atoms with Gasteiger partial charge in [-0.15, -0.1) is 0 Å². The Balaban J connectivity index is 0.000000796. The molecule has 0 bridgehead atoms. The molecule has 0 fully saturated rings. The summed E-state index contributed by atoms with van der Waals surface area (Å²) in [7, 11) is 1.44. The van der Waals surface area contributed by atoms with Crippen molar-refractivity contribution in [3.05, 3.63) is 64.2 Å². The summed E-state index contributed by atoms with van der Waals surface area (Å²) in [5.74, 6) is -1.53. The van der Waals surface area contributed by atoms with Crippen molar-refractivity contribution < 1.29 is 37.1 Å². The van der Waals surface area contributed by atoms with Gasteiger partial charge in [-0.05, 0) is 55.3 Å².